The SMILES string of the molecule is N#Cc1ccc2nc3ccccc3c(C=CC(=O)O)c2c1. The molecule has 1 aromatic heterocycles. The summed E-state index contributed by atoms with van der Waals surface area (Å²) in [5, 5.41) is 19.5. The molecule has 2 aromatic carbocycles. The van der Waals surface area contributed by atoms with E-state index >= 15 is 0 Å². The normalized spacial score (nSPS) is 11.0. The molecule has 0 unspecified atom stereocenters. The average molecular weight is 274 g/mol. The minimum absolute atomic E-state index is 0.518. The number of carboxylic acids is 1. The predicted octanol–water partition coefficient (Wildman–Crippen LogP) is 3.36. The summed E-state index contributed by atoms with van der Waals surface area (Å²) in [7, 11) is 0. The monoisotopic (exact) mass is 274 g/mol. The molecule has 0 radical (unpaired) electrons. The Labute approximate surface area is 120 Å². The standard InChI is InChI=1S/C17H10N2O2/c18-10-11-5-7-16-14(9-11)12(6-8-17(20)21)13-3-1-2-4-15(13)19-16/h1-9H,(H,20,21). The highest BCUT2D eigenvalue weighted by Gasteiger charge is 2.08. The topological polar surface area (TPSA) is 74.0 Å². The number of hydrogen-bond acceptors (Lipinski definition) is 3. The lowest BCUT2D eigenvalue weighted by molar-refractivity contribution is -0.131. The van der Waals surface area contributed by atoms with Crippen LogP contribution in [0, 0.1) is 11.3 Å². The van der Waals surface area contributed by atoms with Crippen molar-refractivity contribution in [2.24, 2.45) is 0 Å². The van der Waals surface area contributed by atoms with Gasteiger partial charge in [-0.2, -0.15) is 5.26 Å². The van der Waals surface area contributed by atoms with E-state index in [4.69, 9.17) is 10.4 Å². The van der Waals surface area contributed by atoms with Crippen molar-refractivity contribution >= 4 is 33.9 Å². The van der Waals surface area contributed by atoms with E-state index in [1.807, 2.05) is 24.3 Å². The summed E-state index contributed by atoms with van der Waals surface area (Å²) >= 11 is 0. The Balaban J connectivity index is 2.44. The van der Waals surface area contributed by atoms with Crippen molar-refractivity contribution in [2.45, 2.75) is 0 Å². The number of rotatable bonds is 2. The second kappa shape index (κ2) is 5.06. The fraction of sp³-hybridized carbons (Fsp3) is 0. The van der Waals surface area contributed by atoms with Gasteiger partial charge in [-0.25, -0.2) is 9.78 Å². The molecule has 0 saturated carbocycles. The number of fused-ring (bicyclic) bond motifs is 2. The van der Waals surface area contributed by atoms with Gasteiger partial charge in [0.15, 0.2) is 0 Å². The van der Waals surface area contributed by atoms with E-state index in [-0.39, 0.29) is 0 Å². The van der Waals surface area contributed by atoms with Gasteiger partial charge in [-0.3, -0.25) is 0 Å². The highest BCUT2D eigenvalue weighted by Crippen LogP contribution is 2.27. The summed E-state index contributed by atoms with van der Waals surface area (Å²) in [6, 6.07) is 14.8. The minimum Gasteiger partial charge on any atom is -0.478 e. The predicted molar refractivity (Wildman–Crippen MR) is 80.6 cm³/mol. The Morgan fingerprint density at radius 3 is 2.67 bits per heavy atom. The first-order valence-electron chi connectivity index (χ1n) is 6.32. The lowest BCUT2D eigenvalue weighted by Gasteiger charge is -2.07. The number of pyridine rings is 1. The molecule has 0 fully saturated rings. The number of aliphatic carboxylic acids is 1. The van der Waals surface area contributed by atoms with Gasteiger partial charge in [0.1, 0.15) is 0 Å². The molecule has 0 aliphatic carbocycles. The minimum atomic E-state index is -1.01. The van der Waals surface area contributed by atoms with Crippen LogP contribution in [-0.2, 0) is 4.79 Å². The van der Waals surface area contributed by atoms with E-state index in [0.717, 1.165) is 33.4 Å². The first-order valence-corrected chi connectivity index (χ1v) is 6.32. The number of nitriles is 1. The number of carbonyl (C=O) groups is 1. The second-order valence-electron chi connectivity index (χ2n) is 4.56. The van der Waals surface area contributed by atoms with Crippen LogP contribution in [0.15, 0.2) is 48.5 Å². The van der Waals surface area contributed by atoms with E-state index in [0.29, 0.717) is 5.56 Å². The van der Waals surface area contributed by atoms with Crippen LogP contribution >= 0.6 is 0 Å². The van der Waals surface area contributed by atoms with Crippen LogP contribution in [0.5, 0.6) is 0 Å². The van der Waals surface area contributed by atoms with Crippen LogP contribution < -0.4 is 0 Å². The first-order chi connectivity index (χ1) is 10.2. The average Bonchev–Trinajstić information content (AvgIpc) is 2.50. The van der Waals surface area contributed by atoms with Gasteiger partial charge in [0.05, 0.1) is 22.7 Å². The Morgan fingerprint density at radius 1 is 1.14 bits per heavy atom. The molecule has 3 rings (SSSR count). The van der Waals surface area contributed by atoms with Crippen LogP contribution in [0.2, 0.25) is 0 Å². The van der Waals surface area contributed by atoms with Crippen molar-refractivity contribution in [2.75, 3.05) is 0 Å². The molecule has 0 saturated heterocycles. The van der Waals surface area contributed by atoms with Gasteiger partial charge in [0.25, 0.3) is 0 Å². The molecule has 4 nitrogen and oxygen atoms in total. The zero-order valence-corrected chi connectivity index (χ0v) is 10.9. The van der Waals surface area contributed by atoms with Crippen LogP contribution in [0.3, 0.4) is 0 Å². The Kier molecular flexibility index (Phi) is 3.09. The van der Waals surface area contributed by atoms with Crippen LogP contribution in [0.1, 0.15) is 11.1 Å². The van der Waals surface area contributed by atoms with Gasteiger partial charge in [-0.1, -0.05) is 18.2 Å². The summed E-state index contributed by atoms with van der Waals surface area (Å²) in [6.07, 6.45) is 2.65. The highest BCUT2D eigenvalue weighted by atomic mass is 16.4. The smallest absolute Gasteiger partial charge is 0.328 e. The van der Waals surface area contributed by atoms with Gasteiger partial charge in [0, 0.05) is 16.8 Å². The van der Waals surface area contributed by atoms with Crippen LogP contribution in [-0.4, -0.2) is 16.1 Å². The largest absolute Gasteiger partial charge is 0.478 e. The lowest BCUT2D eigenvalue weighted by Crippen LogP contribution is -1.91. The molecule has 0 atom stereocenters. The van der Waals surface area contributed by atoms with E-state index < -0.39 is 5.97 Å². The zero-order valence-electron chi connectivity index (χ0n) is 10.9. The summed E-state index contributed by atoms with van der Waals surface area (Å²) < 4.78 is 0. The first kappa shape index (κ1) is 12.8. The summed E-state index contributed by atoms with van der Waals surface area (Å²) in [4.78, 5) is 15.4. The van der Waals surface area contributed by atoms with E-state index in [1.165, 1.54) is 0 Å². The Bertz CT molecular complexity index is 937. The molecule has 0 bridgehead atoms. The van der Waals surface area contributed by atoms with Gasteiger partial charge in [-0.05, 0) is 35.9 Å². The maximum absolute atomic E-state index is 10.8. The third kappa shape index (κ3) is 2.33. The molecule has 0 amide bonds. The molecular weight excluding hydrogens is 264 g/mol. The second-order valence-corrected chi connectivity index (χ2v) is 4.56. The third-order valence-electron chi connectivity index (χ3n) is 3.24. The fourth-order valence-corrected chi connectivity index (χ4v) is 2.33. The van der Waals surface area contributed by atoms with Crippen molar-refractivity contribution in [3.05, 3.63) is 59.7 Å². The van der Waals surface area contributed by atoms with Gasteiger partial charge in [0.2, 0.25) is 0 Å². The maximum atomic E-state index is 10.8. The molecule has 0 aliphatic rings. The highest BCUT2D eigenvalue weighted by molar-refractivity contribution is 6.04. The number of aromatic nitrogens is 1. The van der Waals surface area contributed by atoms with Crippen molar-refractivity contribution in [3.8, 4) is 6.07 Å². The third-order valence-corrected chi connectivity index (χ3v) is 3.24. The maximum Gasteiger partial charge on any atom is 0.328 e. The molecular formula is C17H10N2O2. The van der Waals surface area contributed by atoms with Gasteiger partial charge in [-0.15, -0.1) is 0 Å². The Hall–Kier alpha value is -3.19. The lowest BCUT2D eigenvalue weighted by atomic mass is 10.0. The van der Waals surface area contributed by atoms with Crippen LogP contribution in [0.25, 0.3) is 27.9 Å². The summed E-state index contributed by atoms with van der Waals surface area (Å²) in [5.41, 5.74) is 2.80. The summed E-state index contributed by atoms with van der Waals surface area (Å²) in [5.74, 6) is -1.01. The molecule has 4 heteroatoms. The zero-order chi connectivity index (χ0) is 14.8. The van der Waals surface area contributed by atoms with E-state index in [2.05, 4.69) is 11.1 Å². The number of para-hydroxylation sites is 1. The van der Waals surface area contributed by atoms with Crippen LogP contribution in [0.4, 0.5) is 0 Å². The molecule has 0 spiro atoms. The fourth-order valence-electron chi connectivity index (χ4n) is 2.33. The van der Waals surface area contributed by atoms with E-state index in [9.17, 15) is 4.79 Å². The van der Waals surface area contributed by atoms with Crippen molar-refractivity contribution in [1.82, 2.24) is 4.98 Å². The van der Waals surface area contributed by atoms with Crippen molar-refractivity contribution in [3.63, 3.8) is 0 Å². The number of nitrogens with zero attached hydrogens (tertiary/aromatic N) is 2. The molecule has 3 aromatic rings. The molecule has 0 aliphatic heterocycles. The Morgan fingerprint density at radius 2 is 1.90 bits per heavy atom. The quantitative estimate of drug-likeness (QED) is 0.574. The van der Waals surface area contributed by atoms with Crippen molar-refractivity contribution < 1.29 is 9.90 Å². The molecule has 1 heterocycles. The number of carboxylic acid groups (broad SMARTS) is 1. The van der Waals surface area contributed by atoms with Gasteiger partial charge >= 0.3 is 5.97 Å². The molecule has 21 heavy (non-hydrogen) atoms. The van der Waals surface area contributed by atoms with E-state index in [1.54, 1.807) is 24.3 Å². The summed E-state index contributed by atoms with van der Waals surface area (Å²) in [6.45, 7) is 0. The van der Waals surface area contributed by atoms with Crippen molar-refractivity contribution in [1.29, 1.82) is 5.26 Å². The molecule has 1 N–H and O–H groups in total. The number of hydrogen-bond donors (Lipinski definition) is 1. The molecule has 100 valence electrons. The van der Waals surface area contributed by atoms with Gasteiger partial charge < -0.3 is 5.11 Å². The number of benzene rings is 2.